The van der Waals surface area contributed by atoms with E-state index in [1.54, 1.807) is 0 Å². The zero-order valence-corrected chi connectivity index (χ0v) is 13.5. The summed E-state index contributed by atoms with van der Waals surface area (Å²) in [7, 11) is 0. The number of nitrogens with one attached hydrogen (secondary N) is 1. The maximum atomic E-state index is 6.48. The molecule has 1 saturated heterocycles. The first kappa shape index (κ1) is 13.9. The summed E-state index contributed by atoms with van der Waals surface area (Å²) in [5.41, 5.74) is 1.41. The van der Waals surface area contributed by atoms with Gasteiger partial charge in [0.15, 0.2) is 5.82 Å². The van der Waals surface area contributed by atoms with Gasteiger partial charge >= 0.3 is 0 Å². The smallest absolute Gasteiger partial charge is 0.186 e. The fourth-order valence-electron chi connectivity index (χ4n) is 3.29. The van der Waals surface area contributed by atoms with E-state index >= 15 is 0 Å². The van der Waals surface area contributed by atoms with Crippen molar-refractivity contribution in [1.82, 2.24) is 9.97 Å². The summed E-state index contributed by atoms with van der Waals surface area (Å²) in [4.78, 5) is 13.4. The lowest BCUT2D eigenvalue weighted by Crippen LogP contribution is -3.12. The van der Waals surface area contributed by atoms with E-state index in [-0.39, 0.29) is 0 Å². The Bertz CT molecular complexity index is 666. The maximum Gasteiger partial charge on any atom is 0.186 e. The quantitative estimate of drug-likeness (QED) is 0.854. The van der Waals surface area contributed by atoms with Crippen LogP contribution in [0.15, 0.2) is 0 Å². The zero-order chi connectivity index (χ0) is 14.2. The number of fused-ring (bicyclic) bond motifs is 3. The number of aromatic nitrogens is 2. The number of nitrogens with zero attached hydrogens (tertiary/aromatic N) is 2. The third-order valence-electron chi connectivity index (χ3n) is 4.42. The summed E-state index contributed by atoms with van der Waals surface area (Å²) < 4.78 is 5.40. The van der Waals surface area contributed by atoms with Crippen LogP contribution in [0.2, 0.25) is 5.15 Å². The minimum atomic E-state index is 0.655. The second kappa shape index (κ2) is 5.80. The molecule has 6 heteroatoms. The average molecular weight is 325 g/mol. The molecule has 0 spiro atoms. The van der Waals surface area contributed by atoms with Gasteiger partial charge in [-0.15, -0.1) is 11.3 Å². The van der Waals surface area contributed by atoms with Gasteiger partial charge in [-0.05, 0) is 31.2 Å². The van der Waals surface area contributed by atoms with Crippen molar-refractivity contribution in [2.75, 3.05) is 26.3 Å². The Kier molecular flexibility index (Phi) is 3.83. The molecule has 0 amide bonds. The van der Waals surface area contributed by atoms with Crippen LogP contribution in [0.5, 0.6) is 0 Å². The summed E-state index contributed by atoms with van der Waals surface area (Å²) in [6.45, 7) is 4.57. The number of halogens is 1. The summed E-state index contributed by atoms with van der Waals surface area (Å²) in [6, 6.07) is 0. The minimum absolute atomic E-state index is 0.655. The summed E-state index contributed by atoms with van der Waals surface area (Å²) in [6.07, 6.45) is 4.85. The van der Waals surface area contributed by atoms with Gasteiger partial charge in [0.25, 0.3) is 0 Å². The fourth-order valence-corrected chi connectivity index (χ4v) is 4.93. The molecule has 0 unspecified atom stereocenters. The van der Waals surface area contributed by atoms with Crippen LogP contribution in [0.1, 0.15) is 29.1 Å². The van der Waals surface area contributed by atoms with Gasteiger partial charge in [0.05, 0.1) is 18.6 Å². The van der Waals surface area contributed by atoms with Crippen LogP contribution in [0, 0.1) is 0 Å². The summed E-state index contributed by atoms with van der Waals surface area (Å²) in [5.74, 6) is 0.878. The minimum Gasteiger partial charge on any atom is -0.370 e. The second-order valence-electron chi connectivity index (χ2n) is 5.86. The molecule has 0 radical (unpaired) electrons. The van der Waals surface area contributed by atoms with Crippen molar-refractivity contribution in [3.05, 3.63) is 21.4 Å². The molecule has 0 bridgehead atoms. The molecule has 0 aromatic carbocycles. The van der Waals surface area contributed by atoms with E-state index in [0.29, 0.717) is 5.15 Å². The van der Waals surface area contributed by atoms with Gasteiger partial charge in [0, 0.05) is 4.88 Å². The predicted molar refractivity (Wildman–Crippen MR) is 84.3 cm³/mol. The molecule has 1 aliphatic heterocycles. The molecule has 1 fully saturated rings. The van der Waals surface area contributed by atoms with Gasteiger partial charge in [-0.1, -0.05) is 11.6 Å². The van der Waals surface area contributed by atoms with Crippen molar-refractivity contribution >= 4 is 33.2 Å². The molecule has 2 aliphatic rings. The maximum absolute atomic E-state index is 6.48. The average Bonchev–Trinajstić information content (AvgIpc) is 2.87. The van der Waals surface area contributed by atoms with Crippen molar-refractivity contribution in [2.24, 2.45) is 0 Å². The topological polar surface area (TPSA) is 39.5 Å². The van der Waals surface area contributed by atoms with Crippen LogP contribution in [0.25, 0.3) is 10.2 Å². The highest BCUT2D eigenvalue weighted by molar-refractivity contribution is 7.19. The standard InChI is InChI=1S/C15H18ClN3OS/c16-14-13-10-3-1-2-4-11(10)21-15(13)18-12(17-14)9-19-5-7-20-8-6-19/h1-9H2/p+1. The van der Waals surface area contributed by atoms with E-state index < -0.39 is 0 Å². The predicted octanol–water partition coefficient (Wildman–Crippen LogP) is 1.64. The Hall–Kier alpha value is -0.750. The lowest BCUT2D eigenvalue weighted by molar-refractivity contribution is -0.922. The molecule has 1 N–H and O–H groups in total. The first-order valence-corrected chi connectivity index (χ1v) is 8.88. The van der Waals surface area contributed by atoms with Gasteiger partial charge in [-0.25, -0.2) is 9.97 Å². The van der Waals surface area contributed by atoms with Crippen LogP contribution in [-0.2, 0) is 24.1 Å². The number of rotatable bonds is 2. The van der Waals surface area contributed by atoms with Gasteiger partial charge in [-0.3, -0.25) is 0 Å². The van der Waals surface area contributed by atoms with Crippen LogP contribution in [0.4, 0.5) is 0 Å². The van der Waals surface area contributed by atoms with Crippen LogP contribution < -0.4 is 4.90 Å². The fraction of sp³-hybridized carbons (Fsp3) is 0.600. The highest BCUT2D eigenvalue weighted by atomic mass is 35.5. The van der Waals surface area contributed by atoms with Crippen molar-refractivity contribution in [1.29, 1.82) is 0 Å². The molecule has 112 valence electrons. The summed E-state index contributed by atoms with van der Waals surface area (Å²) in [5, 5.41) is 1.78. The Morgan fingerprint density at radius 2 is 1.95 bits per heavy atom. The molecule has 4 nitrogen and oxygen atoms in total. The van der Waals surface area contributed by atoms with Crippen molar-refractivity contribution in [2.45, 2.75) is 32.2 Å². The van der Waals surface area contributed by atoms with E-state index in [2.05, 4.69) is 4.98 Å². The van der Waals surface area contributed by atoms with E-state index in [1.807, 2.05) is 11.3 Å². The highest BCUT2D eigenvalue weighted by Gasteiger charge is 2.22. The first-order valence-electron chi connectivity index (χ1n) is 7.69. The van der Waals surface area contributed by atoms with Gasteiger partial charge in [-0.2, -0.15) is 0 Å². The molecule has 4 rings (SSSR count). The number of ether oxygens (including phenoxy) is 1. The van der Waals surface area contributed by atoms with E-state index in [4.69, 9.17) is 21.3 Å². The number of hydrogen-bond donors (Lipinski definition) is 1. The van der Waals surface area contributed by atoms with Gasteiger partial charge in [0.2, 0.25) is 0 Å². The molecular formula is C15H19ClN3OS+. The number of aryl methyl sites for hydroxylation is 2. The Labute approximate surface area is 133 Å². The molecule has 2 aromatic heterocycles. The monoisotopic (exact) mass is 324 g/mol. The van der Waals surface area contributed by atoms with Crippen LogP contribution in [0.3, 0.4) is 0 Å². The van der Waals surface area contributed by atoms with E-state index in [9.17, 15) is 0 Å². The molecule has 2 aromatic rings. The Balaban J connectivity index is 1.68. The van der Waals surface area contributed by atoms with Gasteiger partial charge in [0.1, 0.15) is 29.6 Å². The number of morpholine rings is 1. The molecule has 0 saturated carbocycles. The van der Waals surface area contributed by atoms with Crippen molar-refractivity contribution in [3.63, 3.8) is 0 Å². The second-order valence-corrected chi connectivity index (χ2v) is 7.30. The summed E-state index contributed by atoms with van der Waals surface area (Å²) >= 11 is 8.30. The molecular weight excluding hydrogens is 306 g/mol. The number of thiophene rings is 1. The van der Waals surface area contributed by atoms with Gasteiger partial charge < -0.3 is 9.64 Å². The molecule has 1 aliphatic carbocycles. The number of quaternary nitrogens is 1. The largest absolute Gasteiger partial charge is 0.370 e. The third-order valence-corrected chi connectivity index (χ3v) is 5.88. The first-order chi connectivity index (χ1) is 10.3. The van der Waals surface area contributed by atoms with Crippen molar-refractivity contribution in [3.8, 4) is 0 Å². The van der Waals surface area contributed by atoms with Crippen LogP contribution >= 0.6 is 22.9 Å². The third kappa shape index (κ3) is 2.68. The Morgan fingerprint density at radius 1 is 1.14 bits per heavy atom. The van der Waals surface area contributed by atoms with Crippen LogP contribution in [-0.4, -0.2) is 36.3 Å². The highest BCUT2D eigenvalue weighted by Crippen LogP contribution is 2.38. The molecule has 0 atom stereocenters. The zero-order valence-electron chi connectivity index (χ0n) is 12.0. The molecule has 3 heterocycles. The molecule has 21 heavy (non-hydrogen) atoms. The lowest BCUT2D eigenvalue weighted by Gasteiger charge is -2.22. The van der Waals surface area contributed by atoms with E-state index in [0.717, 1.165) is 55.3 Å². The number of hydrogen-bond acceptors (Lipinski definition) is 4. The van der Waals surface area contributed by atoms with Crippen molar-refractivity contribution < 1.29 is 9.64 Å². The van der Waals surface area contributed by atoms with E-state index in [1.165, 1.54) is 34.6 Å². The SMILES string of the molecule is Clc1nc(C[NH+]2CCOCC2)nc2sc3c(c12)CCCC3. The lowest BCUT2D eigenvalue weighted by atomic mass is 9.97. The Morgan fingerprint density at radius 3 is 2.81 bits per heavy atom. The normalized spacial score (nSPS) is 19.9.